The lowest BCUT2D eigenvalue weighted by Gasteiger charge is -2.31. The number of carbonyl (C=O) groups is 14. The zero-order valence-corrected chi connectivity index (χ0v) is 79.2. The first-order valence-corrected chi connectivity index (χ1v) is 49.3. The summed E-state index contributed by atoms with van der Waals surface area (Å²) in [5, 5.41) is 64.5. The Balaban J connectivity index is 0.801. The van der Waals surface area contributed by atoms with E-state index in [2.05, 4.69) is 84.7 Å². The van der Waals surface area contributed by atoms with Gasteiger partial charge in [0.15, 0.2) is 5.96 Å². The van der Waals surface area contributed by atoms with Crippen molar-refractivity contribution in [3.05, 3.63) is 184 Å². The summed E-state index contributed by atoms with van der Waals surface area (Å²) in [6, 6.07) is 28.0. The fourth-order valence-electron chi connectivity index (χ4n) is 17.9. The number of halogens is 1. The van der Waals surface area contributed by atoms with Gasteiger partial charge in [0.2, 0.25) is 70.9 Å². The van der Waals surface area contributed by atoms with Crippen molar-refractivity contribution in [2.24, 2.45) is 17.4 Å². The number of carbonyl (C=O) groups excluding carboxylic acids is 14. The van der Waals surface area contributed by atoms with E-state index in [1.807, 2.05) is 54.6 Å². The summed E-state index contributed by atoms with van der Waals surface area (Å²) in [5.74, 6) is -8.13. The Kier molecular flexibility index (Phi) is 38.3. The number of fused-ring (bicyclic) bond motifs is 3. The summed E-state index contributed by atoms with van der Waals surface area (Å²) in [6.45, 7) is 7.20. The zero-order valence-electron chi connectivity index (χ0n) is 76.8. The molecule has 12 rings (SSSR count). The van der Waals surface area contributed by atoms with Crippen LogP contribution in [0.2, 0.25) is 5.02 Å². The summed E-state index contributed by atoms with van der Waals surface area (Å²) in [7, 11) is 0. The average molecular weight is 1930 g/mol. The first kappa shape index (κ1) is 103. The molecule has 6 fully saturated rings. The van der Waals surface area contributed by atoms with Gasteiger partial charge in [-0.15, -0.1) is 0 Å². The molecular weight excluding hydrogens is 1800 g/mol. The number of likely N-dealkylation sites (tertiary alicyclic amines) is 1. The highest BCUT2D eigenvalue weighted by Crippen LogP contribution is 2.35. The van der Waals surface area contributed by atoms with Crippen molar-refractivity contribution in [2.45, 2.75) is 238 Å². The Morgan fingerprint density at radius 3 is 1.49 bits per heavy atom. The van der Waals surface area contributed by atoms with Crippen LogP contribution in [0.15, 0.2) is 146 Å². The standard InChI is InChI=1S/C97H127ClN20O16S2/c1-56(2)45-69(86(123)106-68(19-13-39-102-95(100)101)94(131)118-40-14-20-78(118)93(130)103-57(3)85(99)122)107-88(125)73(50-61-32-37-67(38-33-61)104-81(120)23-11-9-21-79-83-76(54-135-79)113-96(132)115-83)110-90(127)74(48-59-25-27-62(28-26-59)52-117-41-43-134-44-42-117)111-92(129)75(53-119)112-91(128)71(47-58-15-5-4-6-16-58)109-89(126)72(49-60-30-35-66(98)36-31-60)108-87(124)70(51-63-29-34-64-17-7-8-18-65(64)46-63)105-82(121)24-12-10-22-80-84-77(55-136-80)114-97(133)116-84/h4-8,15-18,25-38,46,56-57,68-80,83-84,119H,9-14,19-24,39-45,47-55H2,1-3H3,(H2,99,122)(H,103,130)(H,104,120)(H,105,121)(H,106,123)(H,107,125)(H,108,124)(H,109,126)(H,110,127)(H,111,129)(H,112,128)(H4,100,101,102)(H2,113,115,132)(H2,114,116,133)/t57-,68+,69+,70-,71-,72-,73-,74+,75+,76-,77-,78+,79-,80-,83-,84-/m1/s1. The molecule has 0 aliphatic carbocycles. The highest BCUT2D eigenvalue weighted by Gasteiger charge is 2.46. The Hall–Kier alpha value is -12.1. The molecule has 16 amide bonds. The Labute approximate surface area is 804 Å². The summed E-state index contributed by atoms with van der Waals surface area (Å²) in [5.41, 5.74) is 15.2. The molecule has 136 heavy (non-hydrogen) atoms. The number of anilines is 1. The molecule has 0 bridgehead atoms. The quantitative estimate of drug-likeness (QED) is 0.0113. The predicted octanol–water partition coefficient (Wildman–Crippen LogP) is 3.39. The Morgan fingerprint density at radius 1 is 0.500 bits per heavy atom. The number of guanidine groups is 1. The van der Waals surface area contributed by atoms with Gasteiger partial charge in [0, 0.05) is 110 Å². The van der Waals surface area contributed by atoms with Gasteiger partial charge >= 0.3 is 12.1 Å². The lowest BCUT2D eigenvalue weighted by molar-refractivity contribution is -0.142. The van der Waals surface area contributed by atoms with Crippen LogP contribution in [-0.4, -0.2) is 256 Å². The van der Waals surface area contributed by atoms with E-state index in [-0.39, 0.29) is 148 Å². The van der Waals surface area contributed by atoms with Crippen molar-refractivity contribution in [3.63, 3.8) is 0 Å². The Bertz CT molecular complexity index is 5180. The third-order valence-corrected chi connectivity index (χ3v) is 28.5. The molecule has 0 spiro atoms. The maximum atomic E-state index is 15.8. The molecule has 6 heterocycles. The maximum absolute atomic E-state index is 15.8. The summed E-state index contributed by atoms with van der Waals surface area (Å²) < 4.78 is 5.60. The fraction of sp³-hybridized carbons (Fsp3) is 0.495. The number of ether oxygens (including phenoxy) is 1. The van der Waals surface area contributed by atoms with E-state index in [1.165, 1.54) is 11.8 Å². The first-order valence-electron chi connectivity index (χ1n) is 46.9. The molecule has 730 valence electrons. The van der Waals surface area contributed by atoms with Gasteiger partial charge in [-0.05, 0) is 139 Å². The second-order valence-electron chi connectivity index (χ2n) is 36.2. The van der Waals surface area contributed by atoms with E-state index in [1.54, 1.807) is 128 Å². The van der Waals surface area contributed by atoms with Crippen LogP contribution in [0.5, 0.6) is 0 Å². The van der Waals surface area contributed by atoms with Crippen molar-refractivity contribution in [1.82, 2.24) is 84.2 Å². The molecule has 6 aromatic rings. The summed E-state index contributed by atoms with van der Waals surface area (Å²) >= 11 is 9.95. The number of aliphatic hydroxyl groups is 1. The minimum Gasteiger partial charge on any atom is -0.394 e. The highest BCUT2D eigenvalue weighted by molar-refractivity contribution is 8.00. The zero-order chi connectivity index (χ0) is 96.9. The third kappa shape index (κ3) is 30.7. The van der Waals surface area contributed by atoms with Crippen LogP contribution in [-0.2, 0) is 101 Å². The van der Waals surface area contributed by atoms with Gasteiger partial charge in [0.1, 0.15) is 60.4 Å². The molecule has 0 aromatic heterocycles. The number of hydrogen-bond acceptors (Lipinski definition) is 20. The van der Waals surface area contributed by atoms with Crippen LogP contribution in [0.1, 0.15) is 138 Å². The van der Waals surface area contributed by atoms with Crippen molar-refractivity contribution >= 4 is 140 Å². The first-order chi connectivity index (χ1) is 65.4. The van der Waals surface area contributed by atoms with Crippen molar-refractivity contribution in [2.75, 3.05) is 62.8 Å². The molecule has 6 aliphatic heterocycles. The van der Waals surface area contributed by atoms with Crippen molar-refractivity contribution in [3.8, 4) is 0 Å². The number of nitrogens with one attached hydrogen (secondary N) is 16. The number of morpholine rings is 1. The van der Waals surface area contributed by atoms with Crippen LogP contribution in [0.25, 0.3) is 10.8 Å². The number of hydrogen-bond donors (Lipinski definition) is 19. The topological polar surface area (TPSA) is 531 Å². The van der Waals surface area contributed by atoms with E-state index >= 15 is 33.6 Å². The third-order valence-electron chi connectivity index (χ3n) is 25.3. The second kappa shape index (κ2) is 50.6. The fourth-order valence-corrected chi connectivity index (χ4v) is 21.1. The number of nitrogens with zero attached hydrogens (tertiary/aromatic N) is 2. The predicted molar refractivity (Wildman–Crippen MR) is 519 cm³/mol. The lowest BCUT2D eigenvalue weighted by atomic mass is 9.99. The minimum absolute atomic E-state index is 0.00529. The highest BCUT2D eigenvalue weighted by atomic mass is 35.5. The number of nitrogens with two attached hydrogens (primary N) is 2. The summed E-state index contributed by atoms with van der Waals surface area (Å²) in [4.78, 5) is 204. The molecule has 6 aromatic carbocycles. The van der Waals surface area contributed by atoms with E-state index in [0.29, 0.717) is 97.1 Å². The smallest absolute Gasteiger partial charge is 0.315 e. The number of rotatable bonds is 49. The summed E-state index contributed by atoms with van der Waals surface area (Å²) in [6.07, 6.45) is 4.12. The number of benzene rings is 6. The van der Waals surface area contributed by atoms with Crippen LogP contribution >= 0.6 is 35.1 Å². The van der Waals surface area contributed by atoms with Gasteiger partial charge in [0.05, 0.1) is 44.0 Å². The molecule has 16 atom stereocenters. The van der Waals surface area contributed by atoms with Crippen LogP contribution < -0.4 is 91.2 Å². The van der Waals surface area contributed by atoms with Gasteiger partial charge in [-0.2, -0.15) is 23.5 Å². The van der Waals surface area contributed by atoms with E-state index in [0.717, 1.165) is 47.1 Å². The molecule has 36 nitrogen and oxygen atoms in total. The normalized spacial score (nSPS) is 20.2. The van der Waals surface area contributed by atoms with E-state index in [9.17, 15) is 38.7 Å². The number of urea groups is 2. The lowest BCUT2D eigenvalue weighted by Crippen LogP contribution is -2.62. The van der Waals surface area contributed by atoms with Gasteiger partial charge in [-0.1, -0.05) is 160 Å². The molecule has 21 N–H and O–H groups in total. The molecule has 0 radical (unpaired) electrons. The van der Waals surface area contributed by atoms with Crippen LogP contribution in [0.3, 0.4) is 0 Å². The van der Waals surface area contributed by atoms with Gasteiger partial charge in [-0.3, -0.25) is 67.8 Å². The molecule has 39 heteroatoms. The van der Waals surface area contributed by atoms with Gasteiger partial charge < -0.3 is 106 Å². The van der Waals surface area contributed by atoms with Gasteiger partial charge in [-0.25, -0.2) is 9.59 Å². The molecular formula is C97H127ClN20O16S2. The van der Waals surface area contributed by atoms with Crippen LogP contribution in [0.4, 0.5) is 15.3 Å². The number of amides is 16. The van der Waals surface area contributed by atoms with Crippen LogP contribution in [0, 0.1) is 11.3 Å². The van der Waals surface area contributed by atoms with E-state index in [4.69, 9.17) is 33.2 Å². The maximum Gasteiger partial charge on any atom is 0.315 e. The number of primary amides is 1. The monoisotopic (exact) mass is 1930 g/mol. The van der Waals surface area contributed by atoms with Crippen molar-refractivity contribution in [1.29, 1.82) is 5.41 Å². The largest absolute Gasteiger partial charge is 0.394 e. The molecule has 6 aliphatic rings. The van der Waals surface area contributed by atoms with Crippen molar-refractivity contribution < 1.29 is 77.0 Å². The van der Waals surface area contributed by atoms with Gasteiger partial charge in [0.25, 0.3) is 0 Å². The van der Waals surface area contributed by atoms with E-state index < -0.39 is 132 Å². The molecule has 0 unspecified atom stereocenters. The number of unbranched alkanes of at least 4 members (excludes halogenated alkanes) is 2. The Morgan fingerprint density at radius 2 is 0.956 bits per heavy atom. The molecule has 6 saturated heterocycles. The molecule has 0 saturated carbocycles. The number of thioether (sulfide) groups is 2. The average Bonchev–Trinajstić information content (AvgIpc) is 1.66. The minimum atomic E-state index is -1.85. The second-order valence-corrected chi connectivity index (χ2v) is 39.1. The number of aliphatic hydroxyl groups excluding tert-OH is 1. The SMILES string of the molecule is CC(C)C[C@H](NC(=O)[C@@H](Cc1ccc(NC(=O)CCCC[C@H]2SC[C@H]3NC(=O)N[C@H]32)cc1)NC(=O)[C@H](Cc1ccc(CN2CCOCC2)cc1)NC(=O)[C@H](CO)NC(=O)[C@@H](Cc1ccccc1)NC(=O)[C@@H](Cc1ccc(Cl)cc1)NC(=O)[C@@H](Cc1ccc2ccccc2c1)NC(=O)CCCC[C@H]1SC[C@H]2NC(=O)N[C@H]21)C(=O)N[C@@H](CCCNC(=N)N)C(=O)N1CCC[C@H]1C(=O)N[C@H](C)C(N)=O.